The van der Waals surface area contributed by atoms with Crippen LogP contribution in [0.1, 0.15) is 19.8 Å². The van der Waals surface area contributed by atoms with Crippen LogP contribution in [0.2, 0.25) is 10.0 Å². The fraction of sp³-hybridized carbons (Fsp3) is 0.529. The highest BCUT2D eigenvalue weighted by Crippen LogP contribution is 2.48. The molecule has 0 spiro atoms. The van der Waals surface area contributed by atoms with Gasteiger partial charge in [0, 0.05) is 31.9 Å². The average molecular weight is 370 g/mol. The fourth-order valence-electron chi connectivity index (χ4n) is 3.06. The van der Waals surface area contributed by atoms with Gasteiger partial charge in [-0.25, -0.2) is 0 Å². The van der Waals surface area contributed by atoms with Crippen molar-refractivity contribution in [3.05, 3.63) is 28.2 Å². The Morgan fingerprint density at radius 3 is 2.33 bits per heavy atom. The van der Waals surface area contributed by atoms with Gasteiger partial charge in [0.1, 0.15) is 5.41 Å². The number of nitrogens with zero attached hydrogens (tertiary/aromatic N) is 2. The van der Waals surface area contributed by atoms with E-state index in [1.807, 2.05) is 4.90 Å². The lowest BCUT2D eigenvalue weighted by atomic mass is 10.0. The number of anilines is 1. The van der Waals surface area contributed by atoms with E-state index in [9.17, 15) is 9.59 Å². The second kappa shape index (κ2) is 6.90. The summed E-state index contributed by atoms with van der Waals surface area (Å²) >= 11 is 11.9. The summed E-state index contributed by atoms with van der Waals surface area (Å²) in [5.74, 6) is -0.292. The van der Waals surface area contributed by atoms with Crippen LogP contribution < -0.4 is 5.32 Å². The molecule has 7 heteroatoms. The number of rotatable bonds is 4. The largest absolute Gasteiger partial charge is 0.339 e. The normalized spacial score (nSPS) is 19.9. The van der Waals surface area contributed by atoms with E-state index in [4.69, 9.17) is 23.2 Å². The highest BCUT2D eigenvalue weighted by molar-refractivity contribution is 6.42. The van der Waals surface area contributed by atoms with Crippen molar-refractivity contribution in [2.24, 2.45) is 5.41 Å². The zero-order chi connectivity index (χ0) is 17.3. The fourth-order valence-corrected chi connectivity index (χ4v) is 3.36. The number of nitrogens with one attached hydrogen (secondary N) is 1. The first-order valence-electron chi connectivity index (χ1n) is 8.24. The number of amides is 2. The molecule has 1 N–H and O–H groups in total. The van der Waals surface area contributed by atoms with Gasteiger partial charge in [0.2, 0.25) is 11.8 Å². The lowest BCUT2D eigenvalue weighted by Crippen LogP contribution is -2.52. The third-order valence-electron chi connectivity index (χ3n) is 4.88. The van der Waals surface area contributed by atoms with E-state index in [1.54, 1.807) is 18.2 Å². The topological polar surface area (TPSA) is 52.7 Å². The van der Waals surface area contributed by atoms with Gasteiger partial charge in [0.25, 0.3) is 0 Å². The summed E-state index contributed by atoms with van der Waals surface area (Å²) in [6.45, 7) is 6.22. The molecule has 3 rings (SSSR count). The Balaban J connectivity index is 1.65. The highest BCUT2D eigenvalue weighted by atomic mass is 35.5. The number of carbonyl (C=O) groups is 2. The van der Waals surface area contributed by atoms with Crippen molar-refractivity contribution in [1.29, 1.82) is 0 Å². The first-order chi connectivity index (χ1) is 11.5. The Labute approximate surface area is 151 Å². The summed E-state index contributed by atoms with van der Waals surface area (Å²) in [6.07, 6.45) is 1.21. The van der Waals surface area contributed by atoms with Crippen molar-refractivity contribution in [3.8, 4) is 0 Å². The van der Waals surface area contributed by atoms with Gasteiger partial charge in [0.15, 0.2) is 0 Å². The van der Waals surface area contributed by atoms with Crippen molar-refractivity contribution >= 4 is 40.7 Å². The Morgan fingerprint density at radius 1 is 1.12 bits per heavy atom. The standard InChI is InChI=1S/C17H21Cl2N3O2/c1-2-21-7-9-22(10-8-21)16(24)17(5-6-17)15(23)20-12-3-4-13(18)14(19)11-12/h3-4,11H,2,5-10H2,1H3,(H,20,23). The van der Waals surface area contributed by atoms with E-state index < -0.39 is 5.41 Å². The molecule has 0 aromatic heterocycles. The van der Waals surface area contributed by atoms with Gasteiger partial charge in [0.05, 0.1) is 10.0 Å². The second-order valence-corrected chi connectivity index (χ2v) is 7.21. The molecule has 2 aliphatic rings. The molecule has 2 amide bonds. The van der Waals surface area contributed by atoms with Crippen LogP contribution in [-0.4, -0.2) is 54.3 Å². The summed E-state index contributed by atoms with van der Waals surface area (Å²) in [5, 5.41) is 3.62. The quantitative estimate of drug-likeness (QED) is 0.830. The lowest BCUT2D eigenvalue weighted by Gasteiger charge is -2.35. The molecular weight excluding hydrogens is 349 g/mol. The van der Waals surface area contributed by atoms with Gasteiger partial charge in [-0.05, 0) is 37.6 Å². The molecule has 5 nitrogen and oxygen atoms in total. The zero-order valence-corrected chi connectivity index (χ0v) is 15.2. The molecule has 130 valence electrons. The van der Waals surface area contributed by atoms with E-state index in [0.29, 0.717) is 41.7 Å². The summed E-state index contributed by atoms with van der Waals surface area (Å²) in [7, 11) is 0. The van der Waals surface area contributed by atoms with Crippen LogP contribution in [0.5, 0.6) is 0 Å². The van der Waals surface area contributed by atoms with Gasteiger partial charge in [-0.15, -0.1) is 0 Å². The van der Waals surface area contributed by atoms with Crippen molar-refractivity contribution in [2.45, 2.75) is 19.8 Å². The third-order valence-corrected chi connectivity index (χ3v) is 5.62. The highest BCUT2D eigenvalue weighted by Gasteiger charge is 2.58. The molecule has 1 saturated heterocycles. The first-order valence-corrected chi connectivity index (χ1v) is 9.00. The van der Waals surface area contributed by atoms with Crippen LogP contribution in [0.25, 0.3) is 0 Å². The van der Waals surface area contributed by atoms with E-state index in [2.05, 4.69) is 17.1 Å². The van der Waals surface area contributed by atoms with Crippen LogP contribution in [-0.2, 0) is 9.59 Å². The molecule has 1 aromatic rings. The van der Waals surface area contributed by atoms with Gasteiger partial charge in [-0.3, -0.25) is 9.59 Å². The molecule has 0 radical (unpaired) electrons. The second-order valence-electron chi connectivity index (χ2n) is 6.39. The van der Waals surface area contributed by atoms with E-state index in [-0.39, 0.29) is 11.8 Å². The smallest absolute Gasteiger partial charge is 0.240 e. The molecule has 1 aromatic carbocycles. The SMILES string of the molecule is CCN1CCN(C(=O)C2(C(=O)Nc3ccc(Cl)c(Cl)c3)CC2)CC1. The van der Waals surface area contributed by atoms with Crippen LogP contribution in [0, 0.1) is 5.41 Å². The first kappa shape index (κ1) is 17.5. The molecule has 1 aliphatic carbocycles. The summed E-state index contributed by atoms with van der Waals surface area (Å²) in [6, 6.07) is 4.92. The summed E-state index contributed by atoms with van der Waals surface area (Å²) in [5.41, 5.74) is -0.343. The van der Waals surface area contributed by atoms with E-state index in [1.165, 1.54) is 0 Å². The minimum atomic E-state index is -0.902. The number of carbonyl (C=O) groups excluding carboxylic acids is 2. The number of halogens is 2. The number of piperazine rings is 1. The molecular formula is C17H21Cl2N3O2. The maximum atomic E-state index is 12.8. The third kappa shape index (κ3) is 3.39. The Bertz CT molecular complexity index is 653. The number of benzene rings is 1. The Morgan fingerprint density at radius 2 is 1.79 bits per heavy atom. The minimum absolute atomic E-state index is 0.0455. The van der Waals surface area contributed by atoms with Gasteiger partial charge >= 0.3 is 0 Å². The molecule has 2 fully saturated rings. The molecule has 0 atom stereocenters. The monoisotopic (exact) mass is 369 g/mol. The number of hydrogen-bond donors (Lipinski definition) is 1. The van der Waals surface area contributed by atoms with Gasteiger partial charge in [-0.1, -0.05) is 30.1 Å². The molecule has 24 heavy (non-hydrogen) atoms. The summed E-state index contributed by atoms with van der Waals surface area (Å²) in [4.78, 5) is 29.6. The zero-order valence-electron chi connectivity index (χ0n) is 13.6. The van der Waals surface area contributed by atoms with Crippen molar-refractivity contribution in [3.63, 3.8) is 0 Å². The van der Waals surface area contributed by atoms with Crippen molar-refractivity contribution < 1.29 is 9.59 Å². The Hall–Kier alpha value is -1.30. The van der Waals surface area contributed by atoms with Gasteiger partial charge < -0.3 is 15.1 Å². The minimum Gasteiger partial charge on any atom is -0.339 e. The number of hydrogen-bond acceptors (Lipinski definition) is 3. The van der Waals surface area contributed by atoms with Crippen LogP contribution in [0.3, 0.4) is 0 Å². The Kier molecular flexibility index (Phi) is 5.04. The predicted octanol–water partition coefficient (Wildman–Crippen LogP) is 2.88. The van der Waals surface area contributed by atoms with Crippen LogP contribution in [0.4, 0.5) is 5.69 Å². The molecule has 0 unspecified atom stereocenters. The average Bonchev–Trinajstić information content (AvgIpc) is 3.39. The maximum absolute atomic E-state index is 12.8. The van der Waals surface area contributed by atoms with E-state index in [0.717, 1.165) is 19.6 Å². The van der Waals surface area contributed by atoms with Crippen LogP contribution in [0.15, 0.2) is 18.2 Å². The number of likely N-dealkylation sites (N-methyl/N-ethyl adjacent to an activating group) is 1. The van der Waals surface area contributed by atoms with Crippen molar-refractivity contribution in [2.75, 3.05) is 38.0 Å². The molecule has 1 aliphatic heterocycles. The lowest BCUT2D eigenvalue weighted by molar-refractivity contribution is -0.143. The van der Waals surface area contributed by atoms with Crippen molar-refractivity contribution in [1.82, 2.24) is 9.80 Å². The summed E-state index contributed by atoms with van der Waals surface area (Å²) < 4.78 is 0. The molecule has 1 heterocycles. The molecule has 1 saturated carbocycles. The predicted molar refractivity (Wildman–Crippen MR) is 95.5 cm³/mol. The van der Waals surface area contributed by atoms with Crippen LogP contribution >= 0.6 is 23.2 Å². The maximum Gasteiger partial charge on any atom is 0.240 e. The molecule has 0 bridgehead atoms. The van der Waals surface area contributed by atoms with E-state index >= 15 is 0 Å². The van der Waals surface area contributed by atoms with Gasteiger partial charge in [-0.2, -0.15) is 0 Å².